The van der Waals surface area contributed by atoms with Crippen molar-refractivity contribution in [1.82, 2.24) is 0 Å². The van der Waals surface area contributed by atoms with Gasteiger partial charge in [-0.25, -0.2) is 4.79 Å². The van der Waals surface area contributed by atoms with E-state index in [-0.39, 0.29) is 17.7 Å². The van der Waals surface area contributed by atoms with Crippen LogP contribution < -0.4 is 0 Å². The number of benzene rings is 1. The van der Waals surface area contributed by atoms with Gasteiger partial charge >= 0.3 is 5.97 Å². The summed E-state index contributed by atoms with van der Waals surface area (Å²) in [7, 11) is 0. The molecule has 1 aliphatic rings. The Kier molecular flexibility index (Phi) is 4.80. The van der Waals surface area contributed by atoms with Crippen molar-refractivity contribution in [1.29, 1.82) is 0 Å². The first-order valence-electron chi connectivity index (χ1n) is 6.28. The quantitative estimate of drug-likeness (QED) is 0.800. The molecule has 6 heteroatoms. The molecule has 0 amide bonds. The molecule has 5 nitrogen and oxygen atoms in total. The van der Waals surface area contributed by atoms with Crippen molar-refractivity contribution in [2.45, 2.75) is 32.2 Å². The molecule has 1 aliphatic heterocycles. The Morgan fingerprint density at radius 1 is 1.45 bits per heavy atom. The lowest BCUT2D eigenvalue weighted by molar-refractivity contribution is -0.109. The van der Waals surface area contributed by atoms with Crippen molar-refractivity contribution < 1.29 is 24.5 Å². The molecule has 0 fully saturated rings. The van der Waals surface area contributed by atoms with Gasteiger partial charge in [0, 0.05) is 18.2 Å². The molecule has 108 valence electrons. The van der Waals surface area contributed by atoms with Crippen molar-refractivity contribution in [2.75, 3.05) is 5.75 Å². The normalized spacial score (nSPS) is 16.4. The highest BCUT2D eigenvalue weighted by Crippen LogP contribution is 2.26. The summed E-state index contributed by atoms with van der Waals surface area (Å²) >= 11 is 1.12. The van der Waals surface area contributed by atoms with E-state index >= 15 is 0 Å². The summed E-state index contributed by atoms with van der Waals surface area (Å²) < 4.78 is 4.89. The molecule has 0 radical (unpaired) electrons. The second-order valence-corrected chi connectivity index (χ2v) is 5.91. The van der Waals surface area contributed by atoms with Crippen LogP contribution in [0, 0.1) is 0 Å². The van der Waals surface area contributed by atoms with E-state index in [9.17, 15) is 19.8 Å². The summed E-state index contributed by atoms with van der Waals surface area (Å²) in [6.07, 6.45) is -1.67. The van der Waals surface area contributed by atoms with Gasteiger partial charge in [0.1, 0.15) is 12.7 Å². The number of rotatable bonds is 5. The minimum atomic E-state index is -1.04. The maximum absolute atomic E-state index is 11.3. The first-order chi connectivity index (χ1) is 9.49. The van der Waals surface area contributed by atoms with Gasteiger partial charge in [0.05, 0.1) is 11.7 Å². The average Bonchev–Trinajstić information content (AvgIpc) is 2.78. The van der Waals surface area contributed by atoms with Crippen molar-refractivity contribution in [2.24, 2.45) is 0 Å². The minimum Gasteiger partial charge on any atom is -0.457 e. The number of hydrogen-bond acceptors (Lipinski definition) is 6. The van der Waals surface area contributed by atoms with Crippen LogP contribution in [-0.4, -0.2) is 33.2 Å². The Bertz CT molecular complexity index is 528. The van der Waals surface area contributed by atoms with Crippen LogP contribution in [0.5, 0.6) is 0 Å². The Labute approximate surface area is 120 Å². The first-order valence-corrected chi connectivity index (χ1v) is 7.27. The van der Waals surface area contributed by atoms with Gasteiger partial charge in [0.2, 0.25) is 0 Å². The van der Waals surface area contributed by atoms with Crippen LogP contribution in [0.25, 0.3) is 0 Å². The number of carbonyl (C=O) groups excluding carboxylic acids is 2. The number of thioether (sulfide) groups is 1. The highest BCUT2D eigenvalue weighted by Gasteiger charge is 2.24. The van der Waals surface area contributed by atoms with Crippen molar-refractivity contribution in [3.05, 3.63) is 34.9 Å². The van der Waals surface area contributed by atoms with Crippen molar-refractivity contribution in [3.63, 3.8) is 0 Å². The van der Waals surface area contributed by atoms with E-state index < -0.39 is 12.2 Å². The molecule has 2 atom stereocenters. The Morgan fingerprint density at radius 3 is 2.90 bits per heavy atom. The Hall–Kier alpha value is -1.37. The van der Waals surface area contributed by atoms with Gasteiger partial charge in [-0.3, -0.25) is 4.79 Å². The second kappa shape index (κ2) is 6.39. The van der Waals surface area contributed by atoms with E-state index in [0.29, 0.717) is 23.3 Å². The molecule has 0 aromatic heterocycles. The summed E-state index contributed by atoms with van der Waals surface area (Å²) in [4.78, 5) is 22.1. The molecule has 0 saturated carbocycles. The number of cyclic esters (lactones) is 1. The third kappa shape index (κ3) is 3.39. The average molecular weight is 296 g/mol. The monoisotopic (exact) mass is 296 g/mol. The molecule has 20 heavy (non-hydrogen) atoms. The van der Waals surface area contributed by atoms with Crippen LogP contribution in [0.2, 0.25) is 0 Å². The van der Waals surface area contributed by atoms with Gasteiger partial charge in [0.25, 0.3) is 0 Å². The number of fused-ring (bicyclic) bond motifs is 1. The molecule has 2 N–H and O–H groups in total. The zero-order valence-electron chi connectivity index (χ0n) is 11.0. The molecule has 0 bridgehead atoms. The van der Waals surface area contributed by atoms with Gasteiger partial charge in [-0.05, 0) is 24.1 Å². The summed E-state index contributed by atoms with van der Waals surface area (Å²) in [5.74, 6) is 0.0968. The number of aliphatic hydroxyl groups is 2. The van der Waals surface area contributed by atoms with Crippen LogP contribution in [-0.2, 0) is 16.1 Å². The summed E-state index contributed by atoms with van der Waals surface area (Å²) in [5.41, 5.74) is 1.77. The molecule has 0 spiro atoms. The van der Waals surface area contributed by atoms with Gasteiger partial charge in [0.15, 0.2) is 5.12 Å². The Morgan fingerprint density at radius 2 is 2.20 bits per heavy atom. The number of esters is 1. The second-order valence-electron chi connectivity index (χ2n) is 4.63. The standard InChI is InChI=1S/C14H16O5S/c1-8(15)20-5-4-12(16)13(17)9-2-3-11-10(6-9)7-19-14(11)18/h2-3,6,12-13,16-17H,4-5,7H2,1H3. The van der Waals surface area contributed by atoms with E-state index in [1.54, 1.807) is 18.2 Å². The zero-order valence-corrected chi connectivity index (χ0v) is 11.9. The van der Waals surface area contributed by atoms with Crippen LogP contribution in [0.15, 0.2) is 18.2 Å². The zero-order chi connectivity index (χ0) is 14.7. The molecule has 1 heterocycles. The fourth-order valence-corrected chi connectivity index (χ4v) is 2.69. The van der Waals surface area contributed by atoms with Crippen molar-refractivity contribution >= 4 is 22.8 Å². The maximum Gasteiger partial charge on any atom is 0.338 e. The number of hydrogen-bond donors (Lipinski definition) is 2. The lowest BCUT2D eigenvalue weighted by atomic mass is 9.98. The van der Waals surface area contributed by atoms with E-state index in [4.69, 9.17) is 4.74 Å². The van der Waals surface area contributed by atoms with E-state index in [2.05, 4.69) is 0 Å². The Balaban J connectivity index is 2.00. The predicted octanol–water partition coefficient (Wildman–Crippen LogP) is 1.42. The van der Waals surface area contributed by atoms with Gasteiger partial charge < -0.3 is 14.9 Å². The lowest BCUT2D eigenvalue weighted by Crippen LogP contribution is -2.19. The number of carbonyl (C=O) groups is 2. The minimum absolute atomic E-state index is 0.0140. The lowest BCUT2D eigenvalue weighted by Gasteiger charge is -2.18. The third-order valence-electron chi connectivity index (χ3n) is 3.13. The van der Waals surface area contributed by atoms with Crippen LogP contribution in [0.4, 0.5) is 0 Å². The molecular formula is C14H16O5S. The van der Waals surface area contributed by atoms with E-state index in [0.717, 1.165) is 17.3 Å². The third-order valence-corrected chi connectivity index (χ3v) is 3.98. The number of aliphatic hydroxyl groups excluding tert-OH is 2. The van der Waals surface area contributed by atoms with Crippen molar-refractivity contribution in [3.8, 4) is 0 Å². The molecule has 2 unspecified atom stereocenters. The largest absolute Gasteiger partial charge is 0.457 e. The summed E-state index contributed by atoms with van der Waals surface area (Å²) in [5, 5.41) is 20.0. The molecule has 0 aliphatic carbocycles. The molecule has 0 saturated heterocycles. The van der Waals surface area contributed by atoms with E-state index in [1.165, 1.54) is 6.92 Å². The van der Waals surface area contributed by atoms with Gasteiger partial charge in [-0.15, -0.1) is 0 Å². The van der Waals surface area contributed by atoms with Crippen LogP contribution in [0.1, 0.15) is 40.9 Å². The SMILES string of the molecule is CC(=O)SCCC(O)C(O)c1ccc2c(c1)COC2=O. The smallest absolute Gasteiger partial charge is 0.338 e. The fourth-order valence-electron chi connectivity index (χ4n) is 2.04. The highest BCUT2D eigenvalue weighted by molar-refractivity contribution is 8.13. The fraction of sp³-hybridized carbons (Fsp3) is 0.429. The van der Waals surface area contributed by atoms with Crippen LogP contribution in [0.3, 0.4) is 0 Å². The van der Waals surface area contributed by atoms with Crippen LogP contribution >= 0.6 is 11.8 Å². The molecule has 2 rings (SSSR count). The molecule has 1 aromatic carbocycles. The van der Waals surface area contributed by atoms with Gasteiger partial charge in [-0.2, -0.15) is 0 Å². The summed E-state index contributed by atoms with van der Waals surface area (Å²) in [6.45, 7) is 1.66. The maximum atomic E-state index is 11.3. The van der Waals surface area contributed by atoms with Gasteiger partial charge in [-0.1, -0.05) is 17.8 Å². The number of ether oxygens (including phenoxy) is 1. The highest BCUT2D eigenvalue weighted by atomic mass is 32.2. The molecule has 1 aromatic rings. The summed E-state index contributed by atoms with van der Waals surface area (Å²) in [6, 6.07) is 4.88. The predicted molar refractivity (Wildman–Crippen MR) is 74.3 cm³/mol. The first kappa shape index (κ1) is 15.0. The molecular weight excluding hydrogens is 280 g/mol. The topological polar surface area (TPSA) is 83.8 Å². The van der Waals surface area contributed by atoms with E-state index in [1.807, 2.05) is 0 Å².